The van der Waals surface area contributed by atoms with Gasteiger partial charge in [-0.25, -0.2) is 4.98 Å². The number of aromatic hydroxyl groups is 1. The minimum Gasteiger partial charge on any atom is -0.508 e. The summed E-state index contributed by atoms with van der Waals surface area (Å²) in [6, 6.07) is 18.9. The standard InChI is InChI=1S/C35H37N7O3/c1-40-12-4-6-27(40)20-45-35-38-32-14-23(31-16-28(43)13-22-5-2-3-7-29(22)31)8-11-30(32)34(39-35)41-18-25-9-10-26(19-41)42(25)33(44)15-24-17-36-21-37-24/h2-3,5,7-8,11,13-14,16-17,21,25-27,43H,4,6,9-10,12,15,18-20H2,1H3,(H,36,37)/t25-,26+,27-/m0/s1. The molecule has 10 nitrogen and oxygen atoms in total. The number of hydrogen-bond acceptors (Lipinski definition) is 8. The molecule has 2 bridgehead atoms. The number of benzene rings is 3. The number of aromatic nitrogens is 4. The Kier molecular flexibility index (Phi) is 7.01. The van der Waals surface area contributed by atoms with Gasteiger partial charge in [-0.1, -0.05) is 30.3 Å². The summed E-state index contributed by atoms with van der Waals surface area (Å²) in [5.41, 5.74) is 3.55. The quantitative estimate of drug-likeness (QED) is 0.274. The fraction of sp³-hybridized carbons (Fsp3) is 0.371. The van der Waals surface area contributed by atoms with Crippen LogP contribution in [0.5, 0.6) is 11.8 Å². The maximum atomic E-state index is 13.4. The van der Waals surface area contributed by atoms with E-state index >= 15 is 0 Å². The van der Waals surface area contributed by atoms with Crippen LogP contribution < -0.4 is 9.64 Å². The Morgan fingerprint density at radius 2 is 1.87 bits per heavy atom. The third kappa shape index (κ3) is 5.22. The van der Waals surface area contributed by atoms with Gasteiger partial charge < -0.3 is 29.5 Å². The predicted molar refractivity (Wildman–Crippen MR) is 173 cm³/mol. The second-order valence-electron chi connectivity index (χ2n) is 12.7. The molecule has 5 aromatic rings. The van der Waals surface area contributed by atoms with Crippen LogP contribution in [0.2, 0.25) is 0 Å². The van der Waals surface area contributed by atoms with Crippen LogP contribution in [0.1, 0.15) is 31.4 Å². The molecule has 2 N–H and O–H groups in total. The van der Waals surface area contributed by atoms with Crippen LogP contribution >= 0.6 is 0 Å². The Labute approximate surface area is 261 Å². The van der Waals surface area contributed by atoms with E-state index in [4.69, 9.17) is 14.7 Å². The molecule has 1 amide bonds. The number of anilines is 1. The summed E-state index contributed by atoms with van der Waals surface area (Å²) in [5.74, 6) is 1.22. The predicted octanol–water partition coefficient (Wildman–Crippen LogP) is 4.77. The topological polar surface area (TPSA) is 111 Å². The highest BCUT2D eigenvalue weighted by Gasteiger charge is 2.43. The van der Waals surface area contributed by atoms with Crippen LogP contribution in [0.15, 0.2) is 67.1 Å². The number of phenolic OH excluding ortho intramolecular Hbond substituents is 1. The second-order valence-corrected chi connectivity index (χ2v) is 12.7. The van der Waals surface area contributed by atoms with Crippen LogP contribution in [-0.4, -0.2) is 92.2 Å². The Hall–Kier alpha value is -4.70. The number of ether oxygens (including phenoxy) is 1. The normalized spacial score (nSPS) is 21.7. The summed E-state index contributed by atoms with van der Waals surface area (Å²) in [4.78, 5) is 37.2. The molecule has 3 aromatic carbocycles. The number of hydrogen-bond donors (Lipinski definition) is 2. The molecule has 0 saturated carbocycles. The number of fused-ring (bicyclic) bond motifs is 4. The third-order valence-corrected chi connectivity index (χ3v) is 9.86. The Morgan fingerprint density at radius 1 is 1.02 bits per heavy atom. The molecule has 8 rings (SSSR count). The lowest BCUT2D eigenvalue weighted by atomic mass is 9.97. The van der Waals surface area contributed by atoms with Crippen molar-refractivity contribution in [3.63, 3.8) is 0 Å². The van der Waals surface area contributed by atoms with E-state index in [-0.39, 0.29) is 23.7 Å². The largest absolute Gasteiger partial charge is 0.508 e. The lowest BCUT2D eigenvalue weighted by Crippen LogP contribution is -2.56. The van der Waals surface area contributed by atoms with E-state index in [9.17, 15) is 9.90 Å². The van der Waals surface area contributed by atoms with Crippen molar-refractivity contribution in [1.29, 1.82) is 0 Å². The molecule has 5 heterocycles. The zero-order valence-electron chi connectivity index (χ0n) is 25.4. The lowest BCUT2D eigenvalue weighted by molar-refractivity contribution is -0.133. The first-order valence-corrected chi connectivity index (χ1v) is 15.9. The monoisotopic (exact) mass is 603 g/mol. The summed E-state index contributed by atoms with van der Waals surface area (Å²) < 4.78 is 6.32. The van der Waals surface area contributed by atoms with Crippen LogP contribution in [0.3, 0.4) is 0 Å². The molecule has 3 atom stereocenters. The van der Waals surface area contributed by atoms with Crippen molar-refractivity contribution in [2.24, 2.45) is 0 Å². The maximum Gasteiger partial charge on any atom is 0.319 e. The summed E-state index contributed by atoms with van der Waals surface area (Å²) in [6.07, 6.45) is 7.90. The molecular formula is C35H37N7O3. The molecule has 230 valence electrons. The molecule has 3 fully saturated rings. The van der Waals surface area contributed by atoms with Crippen molar-refractivity contribution >= 4 is 33.4 Å². The summed E-state index contributed by atoms with van der Waals surface area (Å²) in [6.45, 7) is 3.03. The van der Waals surface area contributed by atoms with E-state index in [1.807, 2.05) is 24.3 Å². The molecule has 0 unspecified atom stereocenters. The second kappa shape index (κ2) is 11.3. The number of likely N-dealkylation sites (tertiary alicyclic amines) is 1. The fourth-order valence-corrected chi connectivity index (χ4v) is 7.58. The van der Waals surface area contributed by atoms with Gasteiger partial charge in [-0.15, -0.1) is 0 Å². The van der Waals surface area contributed by atoms with Gasteiger partial charge in [0.25, 0.3) is 0 Å². The highest BCUT2D eigenvalue weighted by Crippen LogP contribution is 2.38. The van der Waals surface area contributed by atoms with E-state index < -0.39 is 0 Å². The first kappa shape index (κ1) is 27.8. The van der Waals surface area contributed by atoms with Crippen molar-refractivity contribution < 1.29 is 14.6 Å². The van der Waals surface area contributed by atoms with Crippen molar-refractivity contribution in [1.82, 2.24) is 29.7 Å². The number of phenols is 1. The number of rotatable bonds is 7. The number of imidazole rings is 1. The van der Waals surface area contributed by atoms with Crippen LogP contribution in [0.25, 0.3) is 32.8 Å². The van der Waals surface area contributed by atoms with Gasteiger partial charge in [0.2, 0.25) is 5.91 Å². The first-order valence-electron chi connectivity index (χ1n) is 15.9. The van der Waals surface area contributed by atoms with Gasteiger partial charge in [-0.05, 0) is 85.4 Å². The van der Waals surface area contributed by atoms with Gasteiger partial charge in [-0.3, -0.25) is 4.79 Å². The lowest BCUT2D eigenvalue weighted by Gasteiger charge is -2.42. The van der Waals surface area contributed by atoms with E-state index in [1.54, 1.807) is 18.6 Å². The first-order chi connectivity index (χ1) is 22.0. The SMILES string of the molecule is CN1CCC[C@H]1COc1nc(N2C[C@H]3CC[C@@H](C2)N3C(=O)Cc2cnc[nH]2)c2ccc(-c3cc(O)cc4ccccc34)cc2n1. The number of likely N-dealkylation sites (N-methyl/N-ethyl adjacent to an activating group) is 1. The van der Waals surface area contributed by atoms with Gasteiger partial charge >= 0.3 is 6.01 Å². The number of amides is 1. The van der Waals surface area contributed by atoms with E-state index in [0.29, 0.717) is 38.2 Å². The number of nitrogens with zero attached hydrogens (tertiary/aromatic N) is 6. The van der Waals surface area contributed by atoms with Crippen molar-refractivity contribution in [3.8, 4) is 22.9 Å². The molecule has 3 aliphatic heterocycles. The van der Waals surface area contributed by atoms with Crippen LogP contribution in [0, 0.1) is 0 Å². The molecule has 0 aliphatic carbocycles. The van der Waals surface area contributed by atoms with Gasteiger partial charge in [0.15, 0.2) is 0 Å². The van der Waals surface area contributed by atoms with Gasteiger partial charge in [0.05, 0.1) is 18.3 Å². The Bertz CT molecular complexity index is 1860. The van der Waals surface area contributed by atoms with E-state index in [2.05, 4.69) is 56.0 Å². The Balaban J connectivity index is 1.15. The van der Waals surface area contributed by atoms with Crippen molar-refractivity contribution in [2.45, 2.75) is 50.2 Å². The fourth-order valence-electron chi connectivity index (χ4n) is 7.58. The number of piperazine rings is 1. The maximum absolute atomic E-state index is 13.4. The number of H-pyrrole nitrogens is 1. The van der Waals surface area contributed by atoms with Crippen molar-refractivity contribution in [2.75, 3.05) is 38.2 Å². The third-order valence-electron chi connectivity index (χ3n) is 9.86. The molecule has 3 aliphatic rings. The van der Waals surface area contributed by atoms with Crippen molar-refractivity contribution in [3.05, 3.63) is 72.8 Å². The zero-order valence-corrected chi connectivity index (χ0v) is 25.4. The number of carbonyl (C=O) groups is 1. The molecule has 3 saturated heterocycles. The van der Waals surface area contributed by atoms with Gasteiger partial charge in [0.1, 0.15) is 18.2 Å². The molecule has 45 heavy (non-hydrogen) atoms. The Morgan fingerprint density at radius 3 is 2.64 bits per heavy atom. The van der Waals surface area contributed by atoms with Crippen LogP contribution in [-0.2, 0) is 11.2 Å². The van der Waals surface area contributed by atoms with E-state index in [0.717, 1.165) is 70.1 Å². The number of carbonyl (C=O) groups excluding carboxylic acids is 1. The minimum atomic E-state index is 0.124. The zero-order chi connectivity index (χ0) is 30.5. The molecule has 0 spiro atoms. The summed E-state index contributed by atoms with van der Waals surface area (Å²) in [5, 5.41) is 13.5. The summed E-state index contributed by atoms with van der Waals surface area (Å²) >= 11 is 0. The van der Waals surface area contributed by atoms with E-state index in [1.165, 1.54) is 6.42 Å². The van der Waals surface area contributed by atoms with Crippen LogP contribution in [0.4, 0.5) is 5.82 Å². The highest BCUT2D eigenvalue weighted by molar-refractivity contribution is 6.01. The summed E-state index contributed by atoms with van der Waals surface area (Å²) in [7, 11) is 2.14. The number of aromatic amines is 1. The average molecular weight is 604 g/mol. The van der Waals surface area contributed by atoms with Gasteiger partial charge in [-0.2, -0.15) is 9.97 Å². The molecule has 2 aromatic heterocycles. The smallest absolute Gasteiger partial charge is 0.319 e. The minimum absolute atomic E-state index is 0.124. The number of nitrogens with one attached hydrogen (secondary N) is 1. The molecular weight excluding hydrogens is 566 g/mol. The average Bonchev–Trinajstić information content (AvgIpc) is 3.78. The molecule has 0 radical (unpaired) electrons. The van der Waals surface area contributed by atoms with Gasteiger partial charge in [0, 0.05) is 48.5 Å². The molecule has 10 heteroatoms. The highest BCUT2D eigenvalue weighted by atomic mass is 16.5.